The largest absolute Gasteiger partial charge is 0.335 e. The molecule has 0 atom stereocenters. The molecule has 0 unspecified atom stereocenters. The van der Waals surface area contributed by atoms with Gasteiger partial charge in [-0.3, -0.25) is 9.48 Å². The van der Waals surface area contributed by atoms with Crippen molar-refractivity contribution in [3.05, 3.63) is 84.6 Å². The quantitative estimate of drug-likeness (QED) is 0.440. The molecule has 0 spiro atoms. The second-order valence-electron chi connectivity index (χ2n) is 7.01. The predicted octanol–water partition coefficient (Wildman–Crippen LogP) is 5.03. The predicted molar refractivity (Wildman–Crippen MR) is 119 cm³/mol. The molecule has 5 rings (SSSR count). The van der Waals surface area contributed by atoms with Crippen molar-refractivity contribution in [2.75, 3.05) is 5.32 Å². The number of amides is 1. The highest BCUT2D eigenvalue weighted by molar-refractivity contribution is 6.15. The Balaban J connectivity index is 1.68. The van der Waals surface area contributed by atoms with Crippen molar-refractivity contribution in [1.82, 2.24) is 19.9 Å². The van der Waals surface area contributed by atoms with E-state index in [0.717, 1.165) is 12.1 Å². The van der Waals surface area contributed by atoms with Crippen LogP contribution >= 0.6 is 0 Å². The fraction of sp³-hybridized carbons (Fsp3) is 0.0833. The molecule has 7 heteroatoms. The number of nitrogens with zero attached hydrogens (tertiary/aromatic N) is 4. The summed E-state index contributed by atoms with van der Waals surface area (Å²) in [4.78, 5) is 17.9. The van der Waals surface area contributed by atoms with Crippen LogP contribution in [-0.4, -0.2) is 25.8 Å². The van der Waals surface area contributed by atoms with E-state index < -0.39 is 0 Å². The summed E-state index contributed by atoms with van der Waals surface area (Å²) >= 11 is 0. The summed E-state index contributed by atoms with van der Waals surface area (Å²) in [6.07, 6.45) is 1.88. The number of aryl methyl sites for hydroxylation is 1. The van der Waals surface area contributed by atoms with E-state index in [9.17, 15) is 4.79 Å². The van der Waals surface area contributed by atoms with Gasteiger partial charge < -0.3 is 9.84 Å². The Labute approximate surface area is 178 Å². The second kappa shape index (κ2) is 7.87. The summed E-state index contributed by atoms with van der Waals surface area (Å²) in [6.45, 7) is 2.75. The van der Waals surface area contributed by atoms with Gasteiger partial charge in [0.2, 0.25) is 0 Å². The summed E-state index contributed by atoms with van der Waals surface area (Å²) < 4.78 is 7.37. The molecule has 152 valence electrons. The number of carbonyl (C=O) groups is 1. The van der Waals surface area contributed by atoms with Gasteiger partial charge in [-0.1, -0.05) is 53.7 Å². The molecule has 0 saturated carbocycles. The summed E-state index contributed by atoms with van der Waals surface area (Å²) in [6, 6.07) is 22.5. The van der Waals surface area contributed by atoms with Gasteiger partial charge in [0.1, 0.15) is 11.4 Å². The summed E-state index contributed by atoms with van der Waals surface area (Å²) in [5.41, 5.74) is 4.05. The van der Waals surface area contributed by atoms with Crippen molar-refractivity contribution in [1.29, 1.82) is 0 Å². The lowest BCUT2D eigenvalue weighted by Gasteiger charge is -2.08. The van der Waals surface area contributed by atoms with Crippen molar-refractivity contribution >= 4 is 22.7 Å². The van der Waals surface area contributed by atoms with Gasteiger partial charge in [0, 0.05) is 24.0 Å². The lowest BCUT2D eigenvalue weighted by Crippen LogP contribution is -2.13. The Morgan fingerprint density at radius 1 is 1.00 bits per heavy atom. The van der Waals surface area contributed by atoms with Crippen LogP contribution < -0.4 is 5.32 Å². The van der Waals surface area contributed by atoms with Gasteiger partial charge >= 0.3 is 0 Å². The fourth-order valence-corrected chi connectivity index (χ4v) is 3.45. The number of aromatic nitrogens is 4. The van der Waals surface area contributed by atoms with Crippen LogP contribution in [0.5, 0.6) is 0 Å². The van der Waals surface area contributed by atoms with Crippen LogP contribution in [0.4, 0.5) is 5.69 Å². The highest BCUT2D eigenvalue weighted by Gasteiger charge is 2.22. The van der Waals surface area contributed by atoms with E-state index >= 15 is 0 Å². The lowest BCUT2D eigenvalue weighted by atomic mass is 10.0. The highest BCUT2D eigenvalue weighted by atomic mass is 16.5. The Morgan fingerprint density at radius 2 is 1.74 bits per heavy atom. The molecule has 0 bridgehead atoms. The number of hydrogen-bond donors (Lipinski definition) is 1. The summed E-state index contributed by atoms with van der Waals surface area (Å²) in [5.74, 6) is -0.268. The van der Waals surface area contributed by atoms with Crippen LogP contribution in [0.25, 0.3) is 33.7 Å². The molecular formula is C24H19N5O2. The molecule has 7 nitrogen and oxygen atoms in total. The van der Waals surface area contributed by atoms with Crippen LogP contribution in [0, 0.1) is 0 Å². The Hall–Kier alpha value is -4.26. The smallest absolute Gasteiger partial charge is 0.259 e. The molecule has 0 saturated heterocycles. The van der Waals surface area contributed by atoms with Crippen molar-refractivity contribution in [3.8, 4) is 22.6 Å². The number of hydrogen-bond acceptors (Lipinski definition) is 5. The molecule has 5 aromatic rings. The SMILES string of the molecule is CCn1ccc(-c2cc(C(=O)Nc3ccccc3)c3c(-c4ccccc4)noc3n2)n1. The zero-order chi connectivity index (χ0) is 21.2. The molecule has 2 aromatic carbocycles. The first-order chi connectivity index (χ1) is 15.2. The van der Waals surface area contributed by atoms with Gasteiger partial charge in [-0.2, -0.15) is 5.10 Å². The number of nitrogens with one attached hydrogen (secondary N) is 1. The second-order valence-corrected chi connectivity index (χ2v) is 7.01. The van der Waals surface area contributed by atoms with Gasteiger partial charge in [0.15, 0.2) is 0 Å². The fourth-order valence-electron chi connectivity index (χ4n) is 3.45. The monoisotopic (exact) mass is 409 g/mol. The molecule has 0 aliphatic rings. The molecule has 0 radical (unpaired) electrons. The zero-order valence-electron chi connectivity index (χ0n) is 16.8. The lowest BCUT2D eigenvalue weighted by molar-refractivity contribution is 0.102. The Kier molecular flexibility index (Phi) is 4.76. The van der Waals surface area contributed by atoms with E-state index in [2.05, 4.69) is 20.6 Å². The van der Waals surface area contributed by atoms with E-state index in [1.165, 1.54) is 0 Å². The molecule has 0 aliphatic carbocycles. The van der Waals surface area contributed by atoms with Crippen LogP contribution in [0.1, 0.15) is 17.3 Å². The van der Waals surface area contributed by atoms with Gasteiger partial charge in [0.25, 0.3) is 11.6 Å². The molecule has 0 fully saturated rings. The third kappa shape index (κ3) is 3.57. The van der Waals surface area contributed by atoms with Crippen LogP contribution in [0.2, 0.25) is 0 Å². The molecule has 1 amide bonds. The third-order valence-electron chi connectivity index (χ3n) is 5.00. The zero-order valence-corrected chi connectivity index (χ0v) is 16.8. The van der Waals surface area contributed by atoms with Gasteiger partial charge in [-0.25, -0.2) is 4.98 Å². The first kappa shape index (κ1) is 18.7. The van der Waals surface area contributed by atoms with Gasteiger partial charge in [-0.15, -0.1) is 0 Å². The van der Waals surface area contributed by atoms with E-state index in [-0.39, 0.29) is 5.91 Å². The average molecular weight is 409 g/mol. The third-order valence-corrected chi connectivity index (χ3v) is 5.00. The first-order valence-electron chi connectivity index (χ1n) is 9.99. The number of benzene rings is 2. The molecular weight excluding hydrogens is 390 g/mol. The number of para-hydroxylation sites is 1. The van der Waals surface area contributed by atoms with E-state index in [4.69, 9.17) is 4.52 Å². The van der Waals surface area contributed by atoms with Gasteiger partial charge in [0.05, 0.1) is 16.6 Å². The van der Waals surface area contributed by atoms with E-state index in [1.54, 1.807) is 10.7 Å². The van der Waals surface area contributed by atoms with E-state index in [1.807, 2.05) is 79.9 Å². The minimum Gasteiger partial charge on any atom is -0.335 e. The Morgan fingerprint density at radius 3 is 2.45 bits per heavy atom. The summed E-state index contributed by atoms with van der Waals surface area (Å²) in [5, 5.41) is 12.3. The van der Waals surface area contributed by atoms with Crippen molar-refractivity contribution in [2.45, 2.75) is 13.5 Å². The standard InChI is InChI=1S/C24H19N5O2/c1-2-29-14-13-19(27-29)20-15-18(23(30)25-17-11-7-4-8-12-17)21-22(28-31-24(21)26-20)16-9-5-3-6-10-16/h3-15H,2H2,1H3,(H,25,30). The number of rotatable bonds is 5. The maximum absolute atomic E-state index is 13.3. The number of anilines is 1. The van der Waals surface area contributed by atoms with Crippen LogP contribution in [0.15, 0.2) is 83.5 Å². The normalized spacial score (nSPS) is 11.0. The number of fused-ring (bicyclic) bond motifs is 1. The van der Waals surface area contributed by atoms with Crippen molar-refractivity contribution in [2.24, 2.45) is 0 Å². The molecule has 1 N–H and O–H groups in total. The van der Waals surface area contributed by atoms with Crippen molar-refractivity contribution in [3.63, 3.8) is 0 Å². The molecule has 31 heavy (non-hydrogen) atoms. The first-order valence-corrected chi connectivity index (χ1v) is 9.99. The maximum atomic E-state index is 13.3. The van der Waals surface area contributed by atoms with E-state index in [0.29, 0.717) is 39.4 Å². The average Bonchev–Trinajstić information content (AvgIpc) is 3.47. The minimum atomic E-state index is -0.268. The van der Waals surface area contributed by atoms with Gasteiger partial charge in [-0.05, 0) is 31.2 Å². The topological polar surface area (TPSA) is 85.8 Å². The number of pyridine rings is 1. The number of carbonyl (C=O) groups excluding carboxylic acids is 1. The van der Waals surface area contributed by atoms with Crippen LogP contribution in [0.3, 0.4) is 0 Å². The molecule has 0 aliphatic heterocycles. The van der Waals surface area contributed by atoms with Crippen LogP contribution in [-0.2, 0) is 6.54 Å². The highest BCUT2D eigenvalue weighted by Crippen LogP contribution is 2.32. The maximum Gasteiger partial charge on any atom is 0.259 e. The summed E-state index contributed by atoms with van der Waals surface area (Å²) in [7, 11) is 0. The molecule has 3 aromatic heterocycles. The van der Waals surface area contributed by atoms with Crippen molar-refractivity contribution < 1.29 is 9.32 Å². The Bertz CT molecular complexity index is 1360. The molecule has 3 heterocycles. The minimum absolute atomic E-state index is 0.268.